The van der Waals surface area contributed by atoms with E-state index in [0.717, 1.165) is 24.2 Å². The molecule has 1 aromatic rings. The molecule has 0 bridgehead atoms. The van der Waals surface area contributed by atoms with E-state index in [1.54, 1.807) is 6.33 Å². The van der Waals surface area contributed by atoms with Crippen LogP contribution in [0, 0.1) is 0 Å². The molecule has 86 valence electrons. The van der Waals surface area contributed by atoms with Gasteiger partial charge in [0.2, 0.25) is 0 Å². The van der Waals surface area contributed by atoms with Crippen molar-refractivity contribution < 1.29 is 9.53 Å². The molecular formula is C11H15N3O2. The van der Waals surface area contributed by atoms with Crippen molar-refractivity contribution in [1.29, 1.82) is 0 Å². The van der Waals surface area contributed by atoms with Gasteiger partial charge in [0.1, 0.15) is 12.1 Å². The van der Waals surface area contributed by atoms with Crippen LogP contribution in [0.5, 0.6) is 0 Å². The van der Waals surface area contributed by atoms with Gasteiger partial charge >= 0.3 is 5.97 Å². The van der Waals surface area contributed by atoms with Crippen LogP contribution in [0.2, 0.25) is 0 Å². The summed E-state index contributed by atoms with van der Waals surface area (Å²) in [6, 6.07) is -0.226. The van der Waals surface area contributed by atoms with Gasteiger partial charge in [0.05, 0.1) is 17.7 Å². The number of esters is 1. The third kappa shape index (κ3) is 1.71. The number of carbonyl (C=O) groups excluding carboxylic acids is 1. The Morgan fingerprint density at radius 1 is 1.50 bits per heavy atom. The van der Waals surface area contributed by atoms with Crippen molar-refractivity contribution in [3.05, 3.63) is 17.7 Å². The summed E-state index contributed by atoms with van der Waals surface area (Å²) in [5, 5.41) is 3.17. The van der Waals surface area contributed by atoms with Crippen molar-refractivity contribution in [2.45, 2.75) is 44.4 Å². The molecule has 0 saturated heterocycles. The third-order valence-corrected chi connectivity index (χ3v) is 3.35. The maximum absolute atomic E-state index is 11.8. The Balaban J connectivity index is 1.62. The van der Waals surface area contributed by atoms with Crippen LogP contribution in [0.25, 0.3) is 0 Å². The summed E-state index contributed by atoms with van der Waals surface area (Å²) in [6.07, 6.45) is 5.68. The zero-order valence-electron chi connectivity index (χ0n) is 9.03. The van der Waals surface area contributed by atoms with Crippen molar-refractivity contribution in [3.8, 4) is 0 Å². The van der Waals surface area contributed by atoms with Gasteiger partial charge in [-0.15, -0.1) is 0 Å². The number of imidazole rings is 1. The predicted molar refractivity (Wildman–Crippen MR) is 56.7 cm³/mol. The van der Waals surface area contributed by atoms with Crippen molar-refractivity contribution >= 4 is 5.97 Å². The Hall–Kier alpha value is -1.36. The van der Waals surface area contributed by atoms with Gasteiger partial charge in [-0.25, -0.2) is 4.98 Å². The number of H-pyrrole nitrogens is 1. The van der Waals surface area contributed by atoms with E-state index in [-0.39, 0.29) is 18.1 Å². The Kier molecular flexibility index (Phi) is 2.40. The Labute approximate surface area is 93.6 Å². The average molecular weight is 221 g/mol. The Morgan fingerprint density at radius 3 is 3.12 bits per heavy atom. The first kappa shape index (κ1) is 9.84. The molecule has 1 aromatic heterocycles. The van der Waals surface area contributed by atoms with Gasteiger partial charge in [0.25, 0.3) is 0 Å². The Morgan fingerprint density at radius 2 is 2.38 bits per heavy atom. The van der Waals surface area contributed by atoms with E-state index in [0.29, 0.717) is 13.0 Å². The fourth-order valence-corrected chi connectivity index (χ4v) is 2.07. The number of nitrogens with one attached hydrogen (secondary N) is 2. The van der Waals surface area contributed by atoms with Crippen LogP contribution in [-0.4, -0.2) is 28.1 Å². The number of hydrogen-bond donors (Lipinski definition) is 2. The first-order chi connectivity index (χ1) is 7.83. The number of ether oxygens (including phenoxy) is 1. The Bertz CT molecular complexity index is 398. The first-order valence-electron chi connectivity index (χ1n) is 5.78. The quantitative estimate of drug-likeness (QED) is 0.714. The van der Waals surface area contributed by atoms with Crippen LogP contribution < -0.4 is 5.32 Å². The molecule has 16 heavy (non-hydrogen) atoms. The molecule has 0 spiro atoms. The molecule has 1 unspecified atom stereocenters. The number of fused-ring (bicyclic) bond motifs is 1. The predicted octanol–water partition coefficient (Wildman–Crippen LogP) is 0.520. The maximum Gasteiger partial charge on any atom is 0.323 e. The molecule has 1 atom stereocenters. The SMILES string of the molecule is O=C(OC1CCC1)C1Cc2nc[nH]c2CN1. The molecule has 1 saturated carbocycles. The van der Waals surface area contributed by atoms with E-state index < -0.39 is 0 Å². The highest BCUT2D eigenvalue weighted by molar-refractivity contribution is 5.76. The summed E-state index contributed by atoms with van der Waals surface area (Å²) >= 11 is 0. The lowest BCUT2D eigenvalue weighted by Gasteiger charge is -2.28. The molecule has 2 heterocycles. The molecule has 2 aliphatic rings. The maximum atomic E-state index is 11.8. The summed E-state index contributed by atoms with van der Waals surface area (Å²) < 4.78 is 5.38. The van der Waals surface area contributed by atoms with Gasteiger partial charge in [0, 0.05) is 13.0 Å². The van der Waals surface area contributed by atoms with Crippen LogP contribution in [0.1, 0.15) is 30.7 Å². The van der Waals surface area contributed by atoms with E-state index in [4.69, 9.17) is 4.74 Å². The van der Waals surface area contributed by atoms with E-state index in [1.165, 1.54) is 6.42 Å². The lowest BCUT2D eigenvalue weighted by atomic mass is 9.96. The minimum absolute atomic E-state index is 0.127. The van der Waals surface area contributed by atoms with Gasteiger partial charge in [-0.1, -0.05) is 0 Å². The second-order valence-electron chi connectivity index (χ2n) is 4.46. The topological polar surface area (TPSA) is 67.0 Å². The first-order valence-corrected chi connectivity index (χ1v) is 5.78. The highest BCUT2D eigenvalue weighted by Crippen LogP contribution is 2.23. The van der Waals surface area contributed by atoms with Gasteiger partial charge in [-0.2, -0.15) is 0 Å². The minimum atomic E-state index is -0.226. The highest BCUT2D eigenvalue weighted by atomic mass is 16.5. The standard InChI is InChI=1S/C11H15N3O2/c15-11(16-7-2-1-3-7)9-4-8-10(5-12-9)14-6-13-8/h6-7,9,12H,1-5H2,(H,13,14). The number of carbonyl (C=O) groups is 1. The van der Waals surface area contributed by atoms with Crippen molar-refractivity contribution in [2.75, 3.05) is 0 Å². The summed E-state index contributed by atoms with van der Waals surface area (Å²) in [5.74, 6) is -0.127. The minimum Gasteiger partial charge on any atom is -0.461 e. The monoisotopic (exact) mass is 221 g/mol. The van der Waals surface area contributed by atoms with Crippen molar-refractivity contribution in [3.63, 3.8) is 0 Å². The van der Waals surface area contributed by atoms with E-state index in [1.807, 2.05) is 0 Å². The largest absolute Gasteiger partial charge is 0.461 e. The lowest BCUT2D eigenvalue weighted by molar-refractivity contribution is -0.155. The van der Waals surface area contributed by atoms with Crippen LogP contribution in [0.15, 0.2) is 6.33 Å². The molecule has 1 aliphatic heterocycles. The zero-order chi connectivity index (χ0) is 11.0. The van der Waals surface area contributed by atoms with Crippen molar-refractivity contribution in [1.82, 2.24) is 15.3 Å². The molecule has 3 rings (SSSR count). The molecule has 1 fully saturated rings. The van der Waals surface area contributed by atoms with Crippen LogP contribution in [-0.2, 0) is 22.5 Å². The van der Waals surface area contributed by atoms with Gasteiger partial charge < -0.3 is 9.72 Å². The van der Waals surface area contributed by atoms with Crippen LogP contribution in [0.3, 0.4) is 0 Å². The number of nitrogens with zero attached hydrogens (tertiary/aromatic N) is 1. The lowest BCUT2D eigenvalue weighted by Crippen LogP contribution is -2.44. The van der Waals surface area contributed by atoms with Gasteiger partial charge in [-0.05, 0) is 19.3 Å². The molecular weight excluding hydrogens is 206 g/mol. The van der Waals surface area contributed by atoms with Gasteiger partial charge in [-0.3, -0.25) is 10.1 Å². The molecule has 2 N–H and O–H groups in total. The fraction of sp³-hybridized carbons (Fsp3) is 0.636. The normalized spacial score (nSPS) is 24.6. The summed E-state index contributed by atoms with van der Waals surface area (Å²) in [4.78, 5) is 19.1. The second kappa shape index (κ2) is 3.90. The zero-order valence-corrected chi connectivity index (χ0v) is 9.03. The smallest absolute Gasteiger partial charge is 0.323 e. The highest BCUT2D eigenvalue weighted by Gasteiger charge is 2.30. The summed E-state index contributed by atoms with van der Waals surface area (Å²) in [7, 11) is 0. The summed E-state index contributed by atoms with van der Waals surface area (Å²) in [5.41, 5.74) is 2.06. The third-order valence-electron chi connectivity index (χ3n) is 3.35. The van der Waals surface area contributed by atoms with Crippen LogP contribution in [0.4, 0.5) is 0 Å². The molecule has 0 aromatic carbocycles. The van der Waals surface area contributed by atoms with E-state index >= 15 is 0 Å². The number of hydrogen-bond acceptors (Lipinski definition) is 4. The van der Waals surface area contributed by atoms with E-state index in [9.17, 15) is 4.79 Å². The molecule has 1 aliphatic carbocycles. The molecule has 0 amide bonds. The van der Waals surface area contributed by atoms with E-state index in [2.05, 4.69) is 15.3 Å². The molecule has 5 nitrogen and oxygen atoms in total. The molecule has 0 radical (unpaired) electrons. The average Bonchev–Trinajstić information content (AvgIpc) is 2.69. The number of aromatic amines is 1. The molecule has 5 heteroatoms. The number of rotatable bonds is 2. The summed E-state index contributed by atoms with van der Waals surface area (Å²) in [6.45, 7) is 0.666. The van der Waals surface area contributed by atoms with Crippen molar-refractivity contribution in [2.24, 2.45) is 0 Å². The fourth-order valence-electron chi connectivity index (χ4n) is 2.07. The van der Waals surface area contributed by atoms with Crippen LogP contribution >= 0.6 is 0 Å². The number of aromatic nitrogens is 2. The van der Waals surface area contributed by atoms with Gasteiger partial charge in [0.15, 0.2) is 0 Å². The second-order valence-corrected chi connectivity index (χ2v) is 4.46.